The summed E-state index contributed by atoms with van der Waals surface area (Å²) in [4.78, 5) is 12.6. The van der Waals surface area contributed by atoms with Gasteiger partial charge in [0.1, 0.15) is 11.9 Å². The number of halogens is 3. The second-order valence-corrected chi connectivity index (χ2v) is 6.98. The van der Waals surface area contributed by atoms with Gasteiger partial charge in [0.2, 0.25) is 0 Å². The van der Waals surface area contributed by atoms with Gasteiger partial charge < -0.3 is 14.8 Å². The number of alkyl halides is 3. The zero-order valence-electron chi connectivity index (χ0n) is 16.5. The van der Waals surface area contributed by atoms with Crippen molar-refractivity contribution in [1.82, 2.24) is 20.3 Å². The molecule has 10 heteroatoms. The zero-order valence-corrected chi connectivity index (χ0v) is 16.5. The highest BCUT2D eigenvalue weighted by molar-refractivity contribution is 5.93. The van der Waals surface area contributed by atoms with E-state index in [0.29, 0.717) is 12.2 Å². The Bertz CT molecular complexity index is 1080. The third-order valence-corrected chi connectivity index (χ3v) is 5.06. The molecule has 0 bridgehead atoms. The third-order valence-electron chi connectivity index (χ3n) is 5.06. The topological polar surface area (TPSA) is 78.3 Å². The first kappa shape index (κ1) is 20.9. The summed E-state index contributed by atoms with van der Waals surface area (Å²) in [5.74, 6) is 0.122. The van der Waals surface area contributed by atoms with E-state index < -0.39 is 17.6 Å². The number of carbonyl (C=O) groups is 1. The molecule has 1 aromatic heterocycles. The van der Waals surface area contributed by atoms with E-state index in [1.165, 1.54) is 18.2 Å². The fourth-order valence-corrected chi connectivity index (χ4v) is 3.42. The Morgan fingerprint density at radius 3 is 2.68 bits per heavy atom. The van der Waals surface area contributed by atoms with Crippen LogP contribution in [0.5, 0.6) is 5.75 Å². The smallest absolute Gasteiger partial charge is 0.416 e. The standard InChI is InChI=1S/C21H19F3N4O3/c1-30-15-8-6-13(7-9-15)18-11-28-17(12-31-18)19(26-27-28)20(29)25-10-14-4-2-3-5-16(14)21(22,23)24/h2-9,18H,10-12H2,1H3,(H,25,29). The summed E-state index contributed by atoms with van der Waals surface area (Å²) in [6.45, 7) is 0.181. The number of hydrogen-bond acceptors (Lipinski definition) is 5. The van der Waals surface area contributed by atoms with Crippen molar-refractivity contribution in [3.05, 3.63) is 76.6 Å². The van der Waals surface area contributed by atoms with E-state index in [2.05, 4.69) is 15.6 Å². The van der Waals surface area contributed by atoms with Crippen LogP contribution in [0, 0.1) is 0 Å². The predicted octanol–water partition coefficient (Wildman–Crippen LogP) is 3.51. The third kappa shape index (κ3) is 4.38. The Morgan fingerprint density at radius 2 is 1.97 bits per heavy atom. The van der Waals surface area contributed by atoms with Gasteiger partial charge in [-0.1, -0.05) is 35.5 Å². The summed E-state index contributed by atoms with van der Waals surface area (Å²) in [6, 6.07) is 12.5. The number of carbonyl (C=O) groups excluding carboxylic acids is 1. The fraction of sp³-hybridized carbons (Fsp3) is 0.286. The van der Waals surface area contributed by atoms with Crippen LogP contribution < -0.4 is 10.1 Å². The second-order valence-electron chi connectivity index (χ2n) is 6.98. The lowest BCUT2D eigenvalue weighted by Gasteiger charge is -2.24. The first-order valence-electron chi connectivity index (χ1n) is 9.48. The minimum absolute atomic E-state index is 0.0276. The molecule has 162 valence electrons. The lowest BCUT2D eigenvalue weighted by molar-refractivity contribution is -0.138. The van der Waals surface area contributed by atoms with Gasteiger partial charge in [-0.3, -0.25) is 4.79 Å². The van der Waals surface area contributed by atoms with Crippen molar-refractivity contribution >= 4 is 5.91 Å². The van der Waals surface area contributed by atoms with Crippen LogP contribution in [0.4, 0.5) is 13.2 Å². The van der Waals surface area contributed by atoms with Crippen molar-refractivity contribution in [3.63, 3.8) is 0 Å². The SMILES string of the molecule is COc1ccc(C2Cn3nnc(C(=O)NCc4ccccc4C(F)(F)F)c3CO2)cc1. The van der Waals surface area contributed by atoms with Gasteiger partial charge in [-0.15, -0.1) is 5.10 Å². The van der Waals surface area contributed by atoms with Gasteiger partial charge in [0.25, 0.3) is 5.91 Å². The van der Waals surface area contributed by atoms with Gasteiger partial charge in [0, 0.05) is 6.54 Å². The van der Waals surface area contributed by atoms with Gasteiger partial charge in [-0.25, -0.2) is 4.68 Å². The number of amides is 1. The summed E-state index contributed by atoms with van der Waals surface area (Å²) < 4.78 is 52.0. The van der Waals surface area contributed by atoms with Gasteiger partial charge >= 0.3 is 6.18 Å². The van der Waals surface area contributed by atoms with Crippen molar-refractivity contribution < 1.29 is 27.4 Å². The fourth-order valence-electron chi connectivity index (χ4n) is 3.42. The van der Waals surface area contributed by atoms with Gasteiger partial charge in [-0.05, 0) is 29.3 Å². The molecular weight excluding hydrogens is 413 g/mol. The maximum Gasteiger partial charge on any atom is 0.416 e. The normalized spacial score (nSPS) is 15.9. The number of hydrogen-bond donors (Lipinski definition) is 1. The van der Waals surface area contributed by atoms with E-state index in [1.807, 2.05) is 24.3 Å². The Labute approximate surface area is 175 Å². The molecule has 3 aromatic rings. The highest BCUT2D eigenvalue weighted by Gasteiger charge is 2.33. The van der Waals surface area contributed by atoms with Crippen LogP contribution >= 0.6 is 0 Å². The molecule has 7 nitrogen and oxygen atoms in total. The summed E-state index contributed by atoms with van der Waals surface area (Å²) in [7, 11) is 1.59. The molecule has 0 fully saturated rings. The van der Waals surface area contributed by atoms with Crippen LogP contribution in [-0.4, -0.2) is 28.0 Å². The average molecular weight is 432 g/mol. The van der Waals surface area contributed by atoms with E-state index in [1.54, 1.807) is 11.8 Å². The molecule has 1 aliphatic rings. The van der Waals surface area contributed by atoms with Crippen LogP contribution in [0.3, 0.4) is 0 Å². The van der Waals surface area contributed by atoms with Crippen molar-refractivity contribution in [2.45, 2.75) is 32.0 Å². The maximum atomic E-state index is 13.1. The van der Waals surface area contributed by atoms with Gasteiger partial charge in [0.15, 0.2) is 5.69 Å². The molecule has 1 unspecified atom stereocenters. The molecule has 2 heterocycles. The number of ether oxygens (including phenoxy) is 2. The number of benzene rings is 2. The van der Waals surface area contributed by atoms with Crippen LogP contribution in [0.15, 0.2) is 48.5 Å². The van der Waals surface area contributed by atoms with E-state index in [9.17, 15) is 18.0 Å². The van der Waals surface area contributed by atoms with E-state index in [4.69, 9.17) is 9.47 Å². The molecular formula is C21H19F3N4O3. The molecule has 1 amide bonds. The van der Waals surface area contributed by atoms with E-state index >= 15 is 0 Å². The van der Waals surface area contributed by atoms with E-state index in [-0.39, 0.29) is 30.5 Å². The van der Waals surface area contributed by atoms with Crippen LogP contribution in [-0.2, 0) is 30.6 Å². The Kier molecular flexibility index (Phi) is 5.64. The number of fused-ring (bicyclic) bond motifs is 1. The largest absolute Gasteiger partial charge is 0.497 e. The van der Waals surface area contributed by atoms with Crippen LogP contribution in [0.2, 0.25) is 0 Å². The molecule has 0 aliphatic carbocycles. The Balaban J connectivity index is 1.45. The molecule has 1 aliphatic heterocycles. The minimum Gasteiger partial charge on any atom is -0.497 e. The van der Waals surface area contributed by atoms with Crippen molar-refractivity contribution in [1.29, 1.82) is 0 Å². The molecule has 31 heavy (non-hydrogen) atoms. The molecule has 0 saturated carbocycles. The quantitative estimate of drug-likeness (QED) is 0.668. The van der Waals surface area contributed by atoms with E-state index in [0.717, 1.165) is 17.4 Å². The number of methoxy groups -OCH3 is 1. The summed E-state index contributed by atoms with van der Waals surface area (Å²) in [6.07, 6.45) is -4.77. The van der Waals surface area contributed by atoms with Crippen molar-refractivity contribution in [2.75, 3.05) is 7.11 Å². The first-order valence-corrected chi connectivity index (χ1v) is 9.48. The van der Waals surface area contributed by atoms with Crippen molar-refractivity contribution in [3.8, 4) is 5.75 Å². The van der Waals surface area contributed by atoms with Crippen LogP contribution in [0.25, 0.3) is 0 Å². The highest BCUT2D eigenvalue weighted by Crippen LogP contribution is 2.32. The first-order chi connectivity index (χ1) is 14.9. The summed E-state index contributed by atoms with van der Waals surface area (Å²) in [5.41, 5.74) is 0.631. The van der Waals surface area contributed by atoms with Crippen molar-refractivity contribution in [2.24, 2.45) is 0 Å². The highest BCUT2D eigenvalue weighted by atomic mass is 19.4. The number of rotatable bonds is 5. The molecule has 0 radical (unpaired) electrons. The number of nitrogens with zero attached hydrogens (tertiary/aromatic N) is 3. The summed E-state index contributed by atoms with van der Waals surface area (Å²) in [5, 5.41) is 10.4. The molecule has 2 aromatic carbocycles. The van der Waals surface area contributed by atoms with Crippen LogP contribution in [0.1, 0.15) is 39.0 Å². The lowest BCUT2D eigenvalue weighted by Crippen LogP contribution is -2.28. The predicted molar refractivity (Wildman–Crippen MR) is 103 cm³/mol. The number of nitrogens with one attached hydrogen (secondary N) is 1. The Hall–Kier alpha value is -3.40. The molecule has 4 rings (SSSR count). The molecule has 1 atom stereocenters. The minimum atomic E-state index is -4.50. The monoisotopic (exact) mass is 432 g/mol. The van der Waals surface area contributed by atoms with Gasteiger partial charge in [-0.2, -0.15) is 13.2 Å². The average Bonchev–Trinajstić information content (AvgIpc) is 3.20. The second kappa shape index (κ2) is 8.38. The molecule has 1 N–H and O–H groups in total. The Morgan fingerprint density at radius 1 is 1.23 bits per heavy atom. The lowest BCUT2D eigenvalue weighted by atomic mass is 10.1. The molecule has 0 spiro atoms. The maximum absolute atomic E-state index is 13.1. The molecule has 0 saturated heterocycles. The summed E-state index contributed by atoms with van der Waals surface area (Å²) >= 11 is 0. The van der Waals surface area contributed by atoms with Gasteiger partial charge in [0.05, 0.1) is 31.5 Å². The number of aromatic nitrogens is 3. The zero-order chi connectivity index (χ0) is 22.0.